The monoisotopic (exact) mass is 294 g/mol. The van der Waals surface area contributed by atoms with Gasteiger partial charge in [-0.15, -0.1) is 0 Å². The number of hydrogen-bond donors (Lipinski definition) is 1. The summed E-state index contributed by atoms with van der Waals surface area (Å²) in [7, 11) is 0. The van der Waals surface area contributed by atoms with Gasteiger partial charge in [-0.1, -0.05) is 31.5 Å². The maximum Gasteiger partial charge on any atom is 0.254 e. The minimum Gasteiger partial charge on any atom is -0.333 e. The van der Waals surface area contributed by atoms with Crippen LogP contribution in [0, 0.1) is 6.92 Å². The van der Waals surface area contributed by atoms with Gasteiger partial charge in [0.05, 0.1) is 0 Å². The molecule has 1 heterocycles. The van der Waals surface area contributed by atoms with Crippen molar-refractivity contribution >= 4 is 17.5 Å². The second kappa shape index (κ2) is 6.59. The van der Waals surface area contributed by atoms with Crippen LogP contribution in [0.3, 0.4) is 0 Å². The number of amides is 1. The molecular weight excluding hydrogens is 272 g/mol. The summed E-state index contributed by atoms with van der Waals surface area (Å²) in [4.78, 5) is 14.7. The highest BCUT2D eigenvalue weighted by molar-refractivity contribution is 6.31. The molecule has 2 unspecified atom stereocenters. The lowest BCUT2D eigenvalue weighted by molar-refractivity contribution is 0.0576. The molecule has 3 nitrogen and oxygen atoms in total. The highest BCUT2D eigenvalue weighted by Gasteiger charge is 2.30. The Hall–Kier alpha value is -1.06. The van der Waals surface area contributed by atoms with Crippen molar-refractivity contribution < 1.29 is 4.79 Å². The molecule has 0 aliphatic carbocycles. The van der Waals surface area contributed by atoms with Crippen LogP contribution in [0.15, 0.2) is 18.2 Å². The third kappa shape index (κ3) is 3.15. The fourth-order valence-electron chi connectivity index (χ4n) is 2.64. The number of nitrogens with zero attached hydrogens (tertiary/aromatic N) is 1. The quantitative estimate of drug-likeness (QED) is 0.928. The Morgan fingerprint density at radius 2 is 2.15 bits per heavy atom. The maximum atomic E-state index is 12.7. The zero-order valence-electron chi connectivity index (χ0n) is 12.4. The molecule has 4 heteroatoms. The summed E-state index contributed by atoms with van der Waals surface area (Å²) in [6.07, 6.45) is 2.00. The average Bonchev–Trinajstić information content (AvgIpc) is 2.48. The Morgan fingerprint density at radius 3 is 2.75 bits per heavy atom. The van der Waals surface area contributed by atoms with Crippen LogP contribution in [0.5, 0.6) is 0 Å². The van der Waals surface area contributed by atoms with Crippen LogP contribution in [0.4, 0.5) is 0 Å². The van der Waals surface area contributed by atoms with E-state index >= 15 is 0 Å². The van der Waals surface area contributed by atoms with Crippen molar-refractivity contribution in [2.45, 2.75) is 45.7 Å². The Balaban J connectivity index is 2.22. The second-order valence-electron chi connectivity index (χ2n) is 5.50. The van der Waals surface area contributed by atoms with Crippen molar-refractivity contribution in [1.82, 2.24) is 10.2 Å². The number of nitrogens with one attached hydrogen (secondary N) is 1. The number of carbonyl (C=O) groups is 1. The first-order valence-corrected chi connectivity index (χ1v) is 7.75. The molecule has 2 atom stereocenters. The van der Waals surface area contributed by atoms with Gasteiger partial charge in [0.15, 0.2) is 0 Å². The van der Waals surface area contributed by atoms with Crippen molar-refractivity contribution in [2.24, 2.45) is 0 Å². The van der Waals surface area contributed by atoms with Gasteiger partial charge < -0.3 is 10.2 Å². The fourth-order valence-corrected chi connectivity index (χ4v) is 2.82. The Bertz CT molecular complexity index is 489. The minimum absolute atomic E-state index is 0.0960. The number of carbonyl (C=O) groups excluding carboxylic acids is 1. The van der Waals surface area contributed by atoms with E-state index < -0.39 is 0 Å². The van der Waals surface area contributed by atoms with Crippen molar-refractivity contribution in [1.29, 1.82) is 0 Å². The first kappa shape index (κ1) is 15.3. The van der Waals surface area contributed by atoms with E-state index in [2.05, 4.69) is 19.2 Å². The number of benzene rings is 1. The predicted molar refractivity (Wildman–Crippen MR) is 83.4 cm³/mol. The summed E-state index contributed by atoms with van der Waals surface area (Å²) >= 11 is 6.14. The number of aryl methyl sites for hydroxylation is 1. The van der Waals surface area contributed by atoms with Crippen LogP contribution >= 0.6 is 11.6 Å². The van der Waals surface area contributed by atoms with Gasteiger partial charge in [0.25, 0.3) is 5.91 Å². The third-order valence-electron chi connectivity index (χ3n) is 4.14. The van der Waals surface area contributed by atoms with Crippen molar-refractivity contribution in [3.8, 4) is 0 Å². The van der Waals surface area contributed by atoms with Crippen molar-refractivity contribution in [2.75, 3.05) is 13.1 Å². The van der Waals surface area contributed by atoms with E-state index in [1.165, 1.54) is 0 Å². The zero-order chi connectivity index (χ0) is 14.7. The third-order valence-corrected chi connectivity index (χ3v) is 4.55. The molecule has 1 fully saturated rings. The highest BCUT2D eigenvalue weighted by atomic mass is 35.5. The van der Waals surface area contributed by atoms with Crippen LogP contribution in [-0.2, 0) is 0 Å². The fraction of sp³-hybridized carbons (Fsp3) is 0.562. The molecule has 1 aromatic rings. The van der Waals surface area contributed by atoms with Gasteiger partial charge in [-0.25, -0.2) is 0 Å². The molecule has 2 rings (SSSR count). The van der Waals surface area contributed by atoms with E-state index in [4.69, 9.17) is 11.6 Å². The average molecular weight is 295 g/mol. The van der Waals surface area contributed by atoms with Gasteiger partial charge in [0.2, 0.25) is 0 Å². The molecule has 1 N–H and O–H groups in total. The standard InChI is InChI=1S/C16H23ClN2O/c1-4-13-10-19(14(5-2)9-18-13)16(20)12-7-6-11(3)15(17)8-12/h6-8,13-14,18H,4-5,9-10H2,1-3H3. The van der Waals surface area contributed by atoms with E-state index in [0.29, 0.717) is 16.6 Å². The minimum atomic E-state index is 0.0960. The lowest BCUT2D eigenvalue weighted by Gasteiger charge is -2.40. The molecule has 0 saturated carbocycles. The summed E-state index contributed by atoms with van der Waals surface area (Å²) < 4.78 is 0. The molecule has 1 amide bonds. The summed E-state index contributed by atoms with van der Waals surface area (Å²) in [5.74, 6) is 0.0960. The molecule has 1 aliphatic rings. The molecule has 0 aromatic heterocycles. The van der Waals surface area contributed by atoms with Gasteiger partial charge >= 0.3 is 0 Å². The van der Waals surface area contributed by atoms with Gasteiger partial charge in [0, 0.05) is 35.8 Å². The molecule has 110 valence electrons. The number of rotatable bonds is 3. The first-order valence-electron chi connectivity index (χ1n) is 7.37. The molecule has 1 aliphatic heterocycles. The lowest BCUT2D eigenvalue weighted by atomic mass is 10.0. The molecule has 1 saturated heterocycles. The summed E-state index contributed by atoms with van der Waals surface area (Å²) in [5, 5.41) is 4.17. The molecule has 0 spiro atoms. The normalized spacial score (nSPS) is 22.9. The van der Waals surface area contributed by atoms with E-state index in [9.17, 15) is 4.79 Å². The molecule has 1 aromatic carbocycles. The Morgan fingerprint density at radius 1 is 1.40 bits per heavy atom. The van der Waals surface area contributed by atoms with Crippen molar-refractivity contribution in [3.05, 3.63) is 34.3 Å². The summed E-state index contributed by atoms with van der Waals surface area (Å²) in [6, 6.07) is 6.23. The van der Waals surface area contributed by atoms with E-state index in [-0.39, 0.29) is 11.9 Å². The Labute approximate surface area is 126 Å². The predicted octanol–water partition coefficient (Wildman–Crippen LogP) is 3.25. The van der Waals surface area contributed by atoms with Crippen molar-refractivity contribution in [3.63, 3.8) is 0 Å². The van der Waals surface area contributed by atoms with E-state index in [1.54, 1.807) is 6.07 Å². The SMILES string of the molecule is CCC1CN(C(=O)c2ccc(C)c(Cl)c2)C(CC)CN1. The largest absolute Gasteiger partial charge is 0.333 e. The first-order chi connectivity index (χ1) is 9.56. The van der Waals surface area contributed by atoms with E-state index in [1.807, 2.05) is 24.0 Å². The van der Waals surface area contributed by atoms with Gasteiger partial charge in [-0.3, -0.25) is 4.79 Å². The number of piperazine rings is 1. The number of halogens is 1. The van der Waals surface area contributed by atoms with Gasteiger partial charge in [-0.05, 0) is 37.5 Å². The van der Waals surface area contributed by atoms with Crippen LogP contribution in [0.2, 0.25) is 5.02 Å². The smallest absolute Gasteiger partial charge is 0.254 e. The maximum absolute atomic E-state index is 12.7. The summed E-state index contributed by atoms with van der Waals surface area (Å²) in [5.41, 5.74) is 1.69. The zero-order valence-corrected chi connectivity index (χ0v) is 13.2. The van der Waals surface area contributed by atoms with Gasteiger partial charge in [0.1, 0.15) is 0 Å². The van der Waals surface area contributed by atoms with Crippen LogP contribution < -0.4 is 5.32 Å². The summed E-state index contributed by atoms with van der Waals surface area (Å²) in [6.45, 7) is 7.87. The van der Waals surface area contributed by atoms with E-state index in [0.717, 1.165) is 31.5 Å². The molecule has 0 bridgehead atoms. The van der Waals surface area contributed by atoms with Gasteiger partial charge in [-0.2, -0.15) is 0 Å². The topological polar surface area (TPSA) is 32.3 Å². The highest BCUT2D eigenvalue weighted by Crippen LogP contribution is 2.21. The number of hydrogen-bond acceptors (Lipinski definition) is 2. The Kier molecular flexibility index (Phi) is 5.06. The molecule has 0 radical (unpaired) electrons. The molecule has 20 heavy (non-hydrogen) atoms. The van der Waals surface area contributed by atoms with Crippen LogP contribution in [-0.4, -0.2) is 36.0 Å². The second-order valence-corrected chi connectivity index (χ2v) is 5.90. The van der Waals surface area contributed by atoms with Crippen LogP contribution in [0.1, 0.15) is 42.6 Å². The lowest BCUT2D eigenvalue weighted by Crippen LogP contribution is -2.57. The molecular formula is C16H23ClN2O. The van der Waals surface area contributed by atoms with Crippen LogP contribution in [0.25, 0.3) is 0 Å².